The highest BCUT2D eigenvalue weighted by molar-refractivity contribution is 5.85. The van der Waals surface area contributed by atoms with E-state index in [1.54, 1.807) is 0 Å². The lowest BCUT2D eigenvalue weighted by molar-refractivity contribution is -0.144. The maximum atomic E-state index is 13.5. The van der Waals surface area contributed by atoms with Gasteiger partial charge in [-0.15, -0.1) is 0 Å². The standard InChI is InChI=1S/C14H15FO6/c1-21-13(19)7-11(16)14(20)9-2-4-10(15)8(6-9)3-5-12(17)18/h2-6,11,14,16,20H,7H2,1H3,(H,17,18)/b5-3+. The monoisotopic (exact) mass is 298 g/mol. The van der Waals surface area contributed by atoms with Crippen molar-refractivity contribution in [3.63, 3.8) is 0 Å². The second kappa shape index (κ2) is 7.51. The van der Waals surface area contributed by atoms with Crippen LogP contribution in [0.25, 0.3) is 6.08 Å². The fraction of sp³-hybridized carbons (Fsp3) is 0.286. The Kier molecular flexibility index (Phi) is 6.01. The fourth-order valence-corrected chi connectivity index (χ4v) is 1.62. The Morgan fingerprint density at radius 1 is 1.38 bits per heavy atom. The van der Waals surface area contributed by atoms with E-state index in [2.05, 4.69) is 4.74 Å². The molecule has 0 aliphatic rings. The van der Waals surface area contributed by atoms with Gasteiger partial charge in [0, 0.05) is 11.6 Å². The molecule has 3 N–H and O–H groups in total. The fourth-order valence-electron chi connectivity index (χ4n) is 1.62. The van der Waals surface area contributed by atoms with Crippen LogP contribution in [0, 0.1) is 5.82 Å². The minimum Gasteiger partial charge on any atom is -0.478 e. The molecule has 1 rings (SSSR count). The van der Waals surface area contributed by atoms with E-state index in [-0.39, 0.29) is 11.1 Å². The maximum absolute atomic E-state index is 13.5. The van der Waals surface area contributed by atoms with Crippen LogP contribution in [0.3, 0.4) is 0 Å². The second-order valence-corrected chi connectivity index (χ2v) is 4.24. The topological polar surface area (TPSA) is 104 Å². The van der Waals surface area contributed by atoms with Crippen molar-refractivity contribution in [3.05, 3.63) is 41.2 Å². The molecule has 0 saturated heterocycles. The first-order chi connectivity index (χ1) is 9.85. The number of esters is 1. The summed E-state index contributed by atoms with van der Waals surface area (Å²) in [6.45, 7) is 0. The average Bonchev–Trinajstić information content (AvgIpc) is 2.45. The Bertz CT molecular complexity index is 554. The number of ether oxygens (including phenoxy) is 1. The number of rotatable bonds is 6. The number of carboxylic acid groups (broad SMARTS) is 1. The highest BCUT2D eigenvalue weighted by Gasteiger charge is 2.22. The third kappa shape index (κ3) is 4.97. The number of carbonyl (C=O) groups excluding carboxylic acids is 1. The van der Waals surface area contributed by atoms with E-state index in [4.69, 9.17) is 5.11 Å². The Morgan fingerprint density at radius 2 is 2.05 bits per heavy atom. The molecule has 6 nitrogen and oxygen atoms in total. The van der Waals surface area contributed by atoms with Crippen LogP contribution in [-0.2, 0) is 14.3 Å². The average molecular weight is 298 g/mol. The van der Waals surface area contributed by atoms with Crippen LogP contribution in [0.2, 0.25) is 0 Å². The molecule has 0 heterocycles. The van der Waals surface area contributed by atoms with Gasteiger partial charge in [0.15, 0.2) is 0 Å². The first kappa shape index (κ1) is 16.8. The third-order valence-corrected chi connectivity index (χ3v) is 2.73. The lowest BCUT2D eigenvalue weighted by atomic mass is 9.99. The molecular weight excluding hydrogens is 283 g/mol. The van der Waals surface area contributed by atoms with E-state index in [9.17, 15) is 24.2 Å². The van der Waals surface area contributed by atoms with Crippen molar-refractivity contribution in [3.8, 4) is 0 Å². The Morgan fingerprint density at radius 3 is 2.62 bits per heavy atom. The molecule has 0 radical (unpaired) electrons. The molecule has 2 unspecified atom stereocenters. The molecule has 0 saturated carbocycles. The summed E-state index contributed by atoms with van der Waals surface area (Å²) in [4.78, 5) is 21.4. The van der Waals surface area contributed by atoms with Crippen molar-refractivity contribution >= 4 is 18.0 Å². The van der Waals surface area contributed by atoms with Crippen LogP contribution >= 0.6 is 0 Å². The van der Waals surface area contributed by atoms with E-state index < -0.39 is 36.4 Å². The summed E-state index contributed by atoms with van der Waals surface area (Å²) < 4.78 is 17.9. The molecule has 114 valence electrons. The van der Waals surface area contributed by atoms with Crippen molar-refractivity contribution in [1.82, 2.24) is 0 Å². The number of aliphatic hydroxyl groups is 2. The van der Waals surface area contributed by atoms with Crippen LogP contribution < -0.4 is 0 Å². The van der Waals surface area contributed by atoms with E-state index in [1.165, 1.54) is 12.1 Å². The molecule has 0 amide bonds. The van der Waals surface area contributed by atoms with Crippen molar-refractivity contribution in [2.24, 2.45) is 0 Å². The molecular formula is C14H15FO6. The first-order valence-electron chi connectivity index (χ1n) is 5.98. The molecule has 0 aliphatic heterocycles. The summed E-state index contributed by atoms with van der Waals surface area (Å²) in [5, 5.41) is 28.1. The largest absolute Gasteiger partial charge is 0.478 e. The first-order valence-corrected chi connectivity index (χ1v) is 5.98. The molecule has 0 fully saturated rings. The van der Waals surface area contributed by atoms with E-state index in [0.717, 1.165) is 25.3 Å². The lowest BCUT2D eigenvalue weighted by Crippen LogP contribution is -2.22. The molecule has 0 spiro atoms. The second-order valence-electron chi connectivity index (χ2n) is 4.24. The molecule has 2 atom stereocenters. The zero-order valence-electron chi connectivity index (χ0n) is 11.2. The van der Waals surface area contributed by atoms with Gasteiger partial charge in [-0.2, -0.15) is 0 Å². The number of aliphatic hydroxyl groups excluding tert-OH is 2. The van der Waals surface area contributed by atoms with Gasteiger partial charge < -0.3 is 20.1 Å². The van der Waals surface area contributed by atoms with Gasteiger partial charge in [-0.3, -0.25) is 4.79 Å². The van der Waals surface area contributed by atoms with Gasteiger partial charge in [0.1, 0.15) is 11.9 Å². The van der Waals surface area contributed by atoms with Gasteiger partial charge in [0.25, 0.3) is 0 Å². The van der Waals surface area contributed by atoms with E-state index in [1.807, 2.05) is 0 Å². The lowest BCUT2D eigenvalue weighted by Gasteiger charge is -2.17. The number of hydrogen-bond donors (Lipinski definition) is 3. The number of halogens is 1. The van der Waals surface area contributed by atoms with Gasteiger partial charge in [-0.25, -0.2) is 9.18 Å². The molecule has 21 heavy (non-hydrogen) atoms. The van der Waals surface area contributed by atoms with Gasteiger partial charge >= 0.3 is 11.9 Å². The zero-order chi connectivity index (χ0) is 16.0. The summed E-state index contributed by atoms with van der Waals surface area (Å²) in [5.74, 6) is -2.62. The highest BCUT2D eigenvalue weighted by Crippen LogP contribution is 2.22. The molecule has 1 aromatic carbocycles. The predicted octanol–water partition coefficient (Wildman–Crippen LogP) is 0.881. The van der Waals surface area contributed by atoms with Crippen LogP contribution in [0.15, 0.2) is 24.3 Å². The number of aliphatic carboxylic acids is 1. The van der Waals surface area contributed by atoms with Crippen LogP contribution in [0.4, 0.5) is 4.39 Å². The van der Waals surface area contributed by atoms with Crippen molar-refractivity contribution < 1.29 is 34.0 Å². The van der Waals surface area contributed by atoms with Gasteiger partial charge in [-0.1, -0.05) is 6.07 Å². The number of carbonyl (C=O) groups is 2. The normalized spacial score (nSPS) is 13.9. The van der Waals surface area contributed by atoms with Gasteiger partial charge in [0.2, 0.25) is 0 Å². The smallest absolute Gasteiger partial charge is 0.328 e. The number of methoxy groups -OCH3 is 1. The Labute approximate surface area is 120 Å². The van der Waals surface area contributed by atoms with Crippen molar-refractivity contribution in [2.75, 3.05) is 7.11 Å². The van der Waals surface area contributed by atoms with Gasteiger partial charge in [-0.05, 0) is 23.8 Å². The van der Waals surface area contributed by atoms with Crippen LogP contribution in [0.5, 0.6) is 0 Å². The number of benzene rings is 1. The summed E-state index contributed by atoms with van der Waals surface area (Å²) >= 11 is 0. The highest BCUT2D eigenvalue weighted by atomic mass is 19.1. The minimum atomic E-state index is -1.43. The molecule has 1 aromatic rings. The van der Waals surface area contributed by atoms with Crippen molar-refractivity contribution in [2.45, 2.75) is 18.6 Å². The van der Waals surface area contributed by atoms with E-state index in [0.29, 0.717) is 0 Å². The summed E-state index contributed by atoms with van der Waals surface area (Å²) in [6.07, 6.45) is -1.49. The predicted molar refractivity (Wildman–Crippen MR) is 70.7 cm³/mol. The Balaban J connectivity index is 2.95. The SMILES string of the molecule is COC(=O)CC(O)C(O)c1ccc(F)c(/C=C/C(=O)O)c1. The number of hydrogen-bond acceptors (Lipinski definition) is 5. The van der Waals surface area contributed by atoms with Gasteiger partial charge in [0.05, 0.1) is 19.6 Å². The maximum Gasteiger partial charge on any atom is 0.328 e. The minimum absolute atomic E-state index is 0.0563. The van der Waals surface area contributed by atoms with Crippen molar-refractivity contribution in [1.29, 1.82) is 0 Å². The molecule has 7 heteroatoms. The zero-order valence-corrected chi connectivity index (χ0v) is 11.2. The molecule has 0 aromatic heterocycles. The van der Waals surface area contributed by atoms with E-state index >= 15 is 0 Å². The van der Waals surface area contributed by atoms with Crippen LogP contribution in [-0.4, -0.2) is 40.5 Å². The summed E-state index contributed by atoms with van der Waals surface area (Å²) in [5.41, 5.74) is 0.0945. The Hall–Kier alpha value is -2.25. The summed E-state index contributed by atoms with van der Waals surface area (Å²) in [6, 6.07) is 3.46. The molecule has 0 aliphatic carbocycles. The number of carboxylic acids is 1. The van der Waals surface area contributed by atoms with Crippen LogP contribution in [0.1, 0.15) is 23.7 Å². The third-order valence-electron chi connectivity index (χ3n) is 2.73. The molecule has 0 bridgehead atoms. The summed E-state index contributed by atoms with van der Waals surface area (Å²) in [7, 11) is 1.15. The quantitative estimate of drug-likeness (QED) is 0.532.